The van der Waals surface area contributed by atoms with Gasteiger partial charge in [-0.25, -0.2) is 4.79 Å². The largest absolute Gasteiger partial charge is 0.478 e. The summed E-state index contributed by atoms with van der Waals surface area (Å²) in [4.78, 5) is 10.6. The summed E-state index contributed by atoms with van der Waals surface area (Å²) in [5.41, 5.74) is -0.220. The highest BCUT2D eigenvalue weighted by Crippen LogP contribution is 2.66. The Balaban J connectivity index is 2.25. The van der Waals surface area contributed by atoms with Crippen LogP contribution < -0.4 is 0 Å². The molecular weight excluding hydrogens is 244 g/mol. The fraction of sp³-hybridized carbons (Fsp3) is 0.667. The van der Waals surface area contributed by atoms with Gasteiger partial charge in [0.25, 0.3) is 0 Å². The van der Waals surface area contributed by atoms with E-state index < -0.39 is 11.6 Å². The quantitative estimate of drug-likeness (QED) is 0.467. The van der Waals surface area contributed by atoms with Crippen molar-refractivity contribution < 1.29 is 19.7 Å². The molecule has 0 spiro atoms. The van der Waals surface area contributed by atoms with Crippen molar-refractivity contribution >= 4 is 5.97 Å². The summed E-state index contributed by atoms with van der Waals surface area (Å²) in [5.74, 6) is -0.947. The fourth-order valence-corrected chi connectivity index (χ4v) is 3.57. The fourth-order valence-electron chi connectivity index (χ4n) is 3.57. The molecule has 1 saturated carbocycles. The van der Waals surface area contributed by atoms with Gasteiger partial charge in [0.15, 0.2) is 0 Å². The van der Waals surface area contributed by atoms with E-state index in [1.54, 1.807) is 13.0 Å². The minimum Gasteiger partial charge on any atom is -0.478 e. The van der Waals surface area contributed by atoms with E-state index in [2.05, 4.69) is 13.8 Å². The lowest BCUT2D eigenvalue weighted by Crippen LogP contribution is -2.46. The monoisotopic (exact) mass is 266 g/mol. The molecule has 106 valence electrons. The molecule has 4 nitrogen and oxygen atoms in total. The molecule has 1 aliphatic heterocycles. The third-order valence-electron chi connectivity index (χ3n) is 4.44. The van der Waals surface area contributed by atoms with Crippen LogP contribution in [0.4, 0.5) is 0 Å². The summed E-state index contributed by atoms with van der Waals surface area (Å²) in [6, 6.07) is 0. The van der Waals surface area contributed by atoms with Crippen LogP contribution in [0.15, 0.2) is 23.8 Å². The topological polar surface area (TPSA) is 70.1 Å². The summed E-state index contributed by atoms with van der Waals surface area (Å²) in [6.07, 6.45) is 5.93. The second-order valence-corrected chi connectivity index (χ2v) is 6.57. The molecule has 4 heteroatoms. The molecule has 2 rings (SSSR count). The van der Waals surface area contributed by atoms with Gasteiger partial charge in [-0.2, -0.15) is 0 Å². The van der Waals surface area contributed by atoms with Crippen LogP contribution >= 0.6 is 0 Å². The van der Waals surface area contributed by atoms with Crippen LogP contribution in [0, 0.1) is 5.41 Å². The van der Waals surface area contributed by atoms with Gasteiger partial charge in [0.1, 0.15) is 11.2 Å². The molecule has 0 aromatic carbocycles. The Kier molecular flexibility index (Phi) is 3.14. The lowest BCUT2D eigenvalue weighted by Gasteiger charge is -2.39. The first kappa shape index (κ1) is 14.3. The number of hydrogen-bond acceptors (Lipinski definition) is 3. The number of hydrogen-bond donors (Lipinski definition) is 2. The summed E-state index contributed by atoms with van der Waals surface area (Å²) in [5, 5.41) is 18.6. The SMILES string of the molecule is CC(/C=C/[C@@]12O[C@]1(C)C[C@@H](O)CC2(C)C)=C\C(=O)O. The second-order valence-electron chi connectivity index (χ2n) is 6.57. The molecule has 3 atom stereocenters. The lowest BCUT2D eigenvalue weighted by atomic mass is 9.63. The Morgan fingerprint density at radius 1 is 1.32 bits per heavy atom. The predicted octanol–water partition coefficient (Wildman–Crippen LogP) is 2.28. The van der Waals surface area contributed by atoms with Gasteiger partial charge in [0.2, 0.25) is 0 Å². The zero-order valence-corrected chi connectivity index (χ0v) is 11.9. The Bertz CT molecular complexity index is 463. The lowest BCUT2D eigenvalue weighted by molar-refractivity contribution is -0.131. The molecule has 0 aromatic heterocycles. The van der Waals surface area contributed by atoms with Crippen LogP contribution in [0.1, 0.15) is 40.5 Å². The highest BCUT2D eigenvalue weighted by Gasteiger charge is 2.74. The van der Waals surface area contributed by atoms with Crippen molar-refractivity contribution in [2.24, 2.45) is 5.41 Å². The molecule has 0 aromatic rings. The van der Waals surface area contributed by atoms with Crippen LogP contribution in [-0.2, 0) is 9.53 Å². The number of carboxylic acids is 1. The van der Waals surface area contributed by atoms with E-state index >= 15 is 0 Å². The first-order valence-electron chi connectivity index (χ1n) is 6.61. The van der Waals surface area contributed by atoms with Crippen LogP contribution in [-0.4, -0.2) is 33.5 Å². The Labute approximate surface area is 113 Å². The maximum Gasteiger partial charge on any atom is 0.328 e. The average molecular weight is 266 g/mol. The van der Waals surface area contributed by atoms with Crippen molar-refractivity contribution in [3.63, 3.8) is 0 Å². The van der Waals surface area contributed by atoms with E-state index in [1.165, 1.54) is 6.08 Å². The Morgan fingerprint density at radius 3 is 2.47 bits per heavy atom. The van der Waals surface area contributed by atoms with E-state index in [0.29, 0.717) is 18.4 Å². The molecule has 1 aliphatic carbocycles. The zero-order valence-electron chi connectivity index (χ0n) is 11.9. The van der Waals surface area contributed by atoms with Gasteiger partial charge in [0, 0.05) is 17.9 Å². The number of fused-ring (bicyclic) bond motifs is 1. The summed E-state index contributed by atoms with van der Waals surface area (Å²) >= 11 is 0. The summed E-state index contributed by atoms with van der Waals surface area (Å²) in [7, 11) is 0. The second kappa shape index (κ2) is 4.18. The van der Waals surface area contributed by atoms with E-state index in [1.807, 2.05) is 13.0 Å². The molecule has 0 radical (unpaired) electrons. The van der Waals surface area contributed by atoms with Gasteiger partial charge < -0.3 is 14.9 Å². The first-order chi connectivity index (χ1) is 8.62. The average Bonchev–Trinajstić information content (AvgIpc) is 2.80. The number of carboxylic acid groups (broad SMARTS) is 1. The van der Waals surface area contributed by atoms with Gasteiger partial charge in [-0.15, -0.1) is 0 Å². The highest BCUT2D eigenvalue weighted by molar-refractivity contribution is 5.81. The van der Waals surface area contributed by atoms with Gasteiger partial charge >= 0.3 is 5.97 Å². The van der Waals surface area contributed by atoms with Crippen molar-refractivity contribution in [2.75, 3.05) is 0 Å². The maximum atomic E-state index is 10.6. The Hall–Kier alpha value is -1.13. The molecular formula is C15H22O4. The van der Waals surface area contributed by atoms with E-state index in [-0.39, 0.29) is 17.1 Å². The molecule has 2 N–H and O–H groups in total. The molecule has 0 bridgehead atoms. The number of aliphatic hydroxyl groups excluding tert-OH is 1. The van der Waals surface area contributed by atoms with Crippen molar-refractivity contribution in [2.45, 2.75) is 57.8 Å². The molecule has 2 fully saturated rings. The highest BCUT2D eigenvalue weighted by atomic mass is 16.6. The van der Waals surface area contributed by atoms with Crippen molar-refractivity contribution in [3.8, 4) is 0 Å². The number of rotatable bonds is 3. The van der Waals surface area contributed by atoms with Crippen LogP contribution in [0.5, 0.6) is 0 Å². The van der Waals surface area contributed by atoms with E-state index in [0.717, 1.165) is 0 Å². The summed E-state index contributed by atoms with van der Waals surface area (Å²) in [6.45, 7) is 7.94. The van der Waals surface area contributed by atoms with Crippen LogP contribution in [0.25, 0.3) is 0 Å². The minimum atomic E-state index is -0.947. The van der Waals surface area contributed by atoms with Gasteiger partial charge in [-0.05, 0) is 31.9 Å². The van der Waals surface area contributed by atoms with Gasteiger partial charge in [0.05, 0.1) is 6.10 Å². The number of ether oxygens (including phenoxy) is 1. The summed E-state index contributed by atoms with van der Waals surface area (Å²) < 4.78 is 5.97. The van der Waals surface area contributed by atoms with Gasteiger partial charge in [-0.1, -0.05) is 19.9 Å². The predicted molar refractivity (Wildman–Crippen MR) is 71.8 cm³/mol. The van der Waals surface area contributed by atoms with Gasteiger partial charge in [-0.3, -0.25) is 0 Å². The molecule has 2 aliphatic rings. The zero-order chi connectivity index (χ0) is 14.5. The van der Waals surface area contributed by atoms with Crippen molar-refractivity contribution in [1.82, 2.24) is 0 Å². The normalized spacial score (nSPS) is 41.1. The molecule has 0 amide bonds. The number of aliphatic carboxylic acids is 1. The number of allylic oxidation sites excluding steroid dienone is 2. The molecule has 1 saturated heterocycles. The van der Waals surface area contributed by atoms with Crippen molar-refractivity contribution in [1.29, 1.82) is 0 Å². The van der Waals surface area contributed by atoms with Crippen LogP contribution in [0.3, 0.4) is 0 Å². The van der Waals surface area contributed by atoms with Crippen molar-refractivity contribution in [3.05, 3.63) is 23.8 Å². The molecule has 19 heavy (non-hydrogen) atoms. The van der Waals surface area contributed by atoms with E-state index in [4.69, 9.17) is 9.84 Å². The Morgan fingerprint density at radius 2 is 1.95 bits per heavy atom. The third kappa shape index (κ3) is 2.23. The minimum absolute atomic E-state index is 0.167. The molecule has 0 unspecified atom stereocenters. The van der Waals surface area contributed by atoms with Crippen LogP contribution in [0.2, 0.25) is 0 Å². The maximum absolute atomic E-state index is 10.6. The third-order valence-corrected chi connectivity index (χ3v) is 4.44. The van der Waals surface area contributed by atoms with E-state index in [9.17, 15) is 9.90 Å². The first-order valence-corrected chi connectivity index (χ1v) is 6.61. The number of carbonyl (C=O) groups is 1. The smallest absolute Gasteiger partial charge is 0.328 e. The molecule has 1 heterocycles. The standard InChI is InChI=1S/C15H22O4/c1-10(7-12(17)18)5-6-15-13(2,3)8-11(16)9-14(15,4)19-15/h5-7,11,16H,8-9H2,1-4H3,(H,17,18)/b6-5+,10-7+/t11-,14+,15-/m0/s1. The number of aliphatic hydroxyl groups is 1. The number of epoxide rings is 1.